The van der Waals surface area contributed by atoms with Gasteiger partial charge in [-0.25, -0.2) is 4.98 Å². The number of nitrogens with one attached hydrogen (secondary N) is 1. The van der Waals surface area contributed by atoms with Crippen molar-refractivity contribution in [3.05, 3.63) is 48.2 Å². The second-order valence-corrected chi connectivity index (χ2v) is 7.81. The first-order valence-electron chi connectivity index (χ1n) is 10.3. The molecule has 0 saturated carbocycles. The van der Waals surface area contributed by atoms with Crippen molar-refractivity contribution in [1.82, 2.24) is 15.2 Å². The van der Waals surface area contributed by atoms with E-state index in [1.54, 1.807) is 41.3 Å². The maximum absolute atomic E-state index is 13.3. The molecule has 3 heterocycles. The van der Waals surface area contributed by atoms with Crippen LogP contribution in [0.3, 0.4) is 0 Å². The summed E-state index contributed by atoms with van der Waals surface area (Å²) in [5, 5.41) is 3.05. The van der Waals surface area contributed by atoms with Crippen LogP contribution in [0.15, 0.2) is 42.6 Å². The zero-order chi connectivity index (χ0) is 23.5. The van der Waals surface area contributed by atoms with Crippen LogP contribution in [0.4, 0.5) is 11.5 Å². The van der Waals surface area contributed by atoms with Crippen molar-refractivity contribution in [1.29, 1.82) is 0 Å². The van der Waals surface area contributed by atoms with Crippen LogP contribution in [0.2, 0.25) is 0 Å². The van der Waals surface area contributed by atoms with Crippen molar-refractivity contribution < 1.29 is 23.9 Å². The lowest BCUT2D eigenvalue weighted by atomic mass is 10.1. The van der Waals surface area contributed by atoms with Crippen molar-refractivity contribution in [3.63, 3.8) is 0 Å². The lowest BCUT2D eigenvalue weighted by molar-refractivity contribution is -0.123. The van der Waals surface area contributed by atoms with Gasteiger partial charge in [-0.15, -0.1) is 0 Å². The van der Waals surface area contributed by atoms with Gasteiger partial charge in [0.1, 0.15) is 11.6 Å². The Kier molecular flexibility index (Phi) is 6.52. The highest BCUT2D eigenvalue weighted by molar-refractivity contribution is 7.80. The van der Waals surface area contributed by atoms with Crippen molar-refractivity contribution in [3.8, 4) is 5.75 Å². The van der Waals surface area contributed by atoms with Crippen LogP contribution in [0.25, 0.3) is 0 Å². The van der Waals surface area contributed by atoms with E-state index in [0.717, 1.165) is 0 Å². The number of aromatic nitrogens is 1. The van der Waals surface area contributed by atoms with E-state index in [0.29, 0.717) is 43.3 Å². The molecular formula is C22H23N5O5S. The van der Waals surface area contributed by atoms with E-state index in [9.17, 15) is 14.4 Å². The zero-order valence-electron chi connectivity index (χ0n) is 18.2. The molecule has 1 atom stereocenters. The molecule has 0 radical (unpaired) electrons. The quantitative estimate of drug-likeness (QED) is 0.651. The average molecular weight is 470 g/mol. The molecule has 1 aromatic heterocycles. The van der Waals surface area contributed by atoms with E-state index in [1.807, 2.05) is 0 Å². The molecule has 172 valence electrons. The van der Waals surface area contributed by atoms with E-state index in [-0.39, 0.29) is 22.7 Å². The Bertz CT molecular complexity index is 1070. The number of hydrogen-bond acceptors (Lipinski definition) is 7. The first-order chi connectivity index (χ1) is 15.9. The number of benzene rings is 1. The number of anilines is 2. The normalized spacial score (nSPS) is 18.2. The number of rotatable bonds is 5. The van der Waals surface area contributed by atoms with Crippen molar-refractivity contribution >= 4 is 46.6 Å². The van der Waals surface area contributed by atoms with E-state index >= 15 is 0 Å². The van der Waals surface area contributed by atoms with Gasteiger partial charge in [0, 0.05) is 25.6 Å². The predicted octanol–water partition coefficient (Wildman–Crippen LogP) is 1.16. The second-order valence-electron chi connectivity index (χ2n) is 7.42. The Balaban J connectivity index is 1.54. The van der Waals surface area contributed by atoms with Crippen molar-refractivity contribution in [2.75, 3.05) is 43.2 Å². The molecule has 2 fully saturated rings. The third-order valence-corrected chi connectivity index (χ3v) is 5.69. The number of methoxy groups -OCH3 is 1. The van der Waals surface area contributed by atoms with Gasteiger partial charge in [0.15, 0.2) is 11.3 Å². The Hall–Kier alpha value is -3.57. The standard InChI is InChI=1S/C22H23N5O5S/c1-14(28)26(18-8-7-17(31-2)13-23-18)19-21(30)27(22(33)24-19)16-5-3-15(4-6-16)20(29)25-9-11-32-12-10-25/h3-8,13,19H,9-12H2,1-2H3,(H,24,33). The summed E-state index contributed by atoms with van der Waals surface area (Å²) in [4.78, 5) is 46.8. The van der Waals surface area contributed by atoms with E-state index in [2.05, 4.69) is 10.3 Å². The van der Waals surface area contributed by atoms with Gasteiger partial charge in [-0.1, -0.05) is 0 Å². The molecule has 2 saturated heterocycles. The fourth-order valence-corrected chi connectivity index (χ4v) is 4.01. The molecule has 33 heavy (non-hydrogen) atoms. The summed E-state index contributed by atoms with van der Waals surface area (Å²) < 4.78 is 10.4. The molecule has 0 aliphatic carbocycles. The molecule has 4 rings (SSSR count). The molecule has 1 unspecified atom stereocenters. The van der Waals surface area contributed by atoms with Crippen molar-refractivity contribution in [2.24, 2.45) is 0 Å². The Morgan fingerprint density at radius 1 is 1.18 bits per heavy atom. The first-order valence-corrected chi connectivity index (χ1v) is 10.7. The number of thiocarbonyl (C=S) groups is 1. The van der Waals surface area contributed by atoms with Gasteiger partial charge in [0.05, 0.1) is 32.2 Å². The Morgan fingerprint density at radius 2 is 1.88 bits per heavy atom. The van der Waals surface area contributed by atoms with Crippen LogP contribution < -0.4 is 19.9 Å². The van der Waals surface area contributed by atoms with Crippen molar-refractivity contribution in [2.45, 2.75) is 13.1 Å². The van der Waals surface area contributed by atoms with Gasteiger partial charge in [0.25, 0.3) is 11.8 Å². The fourth-order valence-electron chi connectivity index (χ4n) is 3.70. The SMILES string of the molecule is COc1ccc(N(C(C)=O)C2NC(=S)N(c3ccc(C(=O)N4CCOCC4)cc3)C2=O)nc1. The summed E-state index contributed by atoms with van der Waals surface area (Å²) in [7, 11) is 1.51. The minimum Gasteiger partial charge on any atom is -0.495 e. The summed E-state index contributed by atoms with van der Waals surface area (Å²) in [5.41, 5.74) is 1.00. The topological polar surface area (TPSA) is 104 Å². The van der Waals surface area contributed by atoms with E-state index < -0.39 is 12.1 Å². The maximum atomic E-state index is 13.3. The van der Waals surface area contributed by atoms with Gasteiger partial charge in [-0.05, 0) is 48.6 Å². The Morgan fingerprint density at radius 3 is 2.45 bits per heavy atom. The molecule has 1 N–H and O–H groups in total. The lowest BCUT2D eigenvalue weighted by Gasteiger charge is -2.27. The van der Waals surface area contributed by atoms with Gasteiger partial charge in [0.2, 0.25) is 5.91 Å². The number of carbonyl (C=O) groups is 3. The maximum Gasteiger partial charge on any atom is 0.277 e. The number of morpholine rings is 1. The lowest BCUT2D eigenvalue weighted by Crippen LogP contribution is -2.50. The molecule has 2 aliphatic rings. The molecule has 1 aromatic carbocycles. The third kappa shape index (κ3) is 4.50. The largest absolute Gasteiger partial charge is 0.495 e. The minimum atomic E-state index is -1.05. The average Bonchev–Trinajstić information content (AvgIpc) is 3.13. The molecule has 2 aliphatic heterocycles. The van der Waals surface area contributed by atoms with Crippen LogP contribution in [-0.4, -0.2) is 72.3 Å². The number of ether oxygens (including phenoxy) is 2. The van der Waals surface area contributed by atoms with Crippen LogP contribution in [0, 0.1) is 0 Å². The molecular weight excluding hydrogens is 446 g/mol. The monoisotopic (exact) mass is 469 g/mol. The smallest absolute Gasteiger partial charge is 0.277 e. The molecule has 2 aromatic rings. The number of hydrogen-bond donors (Lipinski definition) is 1. The van der Waals surface area contributed by atoms with E-state index in [4.69, 9.17) is 21.7 Å². The van der Waals surface area contributed by atoms with Crippen LogP contribution in [0.1, 0.15) is 17.3 Å². The predicted molar refractivity (Wildman–Crippen MR) is 124 cm³/mol. The van der Waals surface area contributed by atoms with Gasteiger partial charge >= 0.3 is 0 Å². The highest BCUT2D eigenvalue weighted by Gasteiger charge is 2.42. The molecule has 11 heteroatoms. The number of carbonyl (C=O) groups excluding carboxylic acids is 3. The number of amides is 3. The van der Waals surface area contributed by atoms with Crippen LogP contribution in [-0.2, 0) is 14.3 Å². The minimum absolute atomic E-state index is 0.0930. The zero-order valence-corrected chi connectivity index (χ0v) is 19.0. The first kappa shape index (κ1) is 22.6. The Labute approximate surface area is 196 Å². The van der Waals surface area contributed by atoms with Gasteiger partial charge in [-0.3, -0.25) is 24.2 Å². The number of nitrogens with zero attached hydrogens (tertiary/aromatic N) is 4. The highest BCUT2D eigenvalue weighted by Crippen LogP contribution is 2.25. The molecule has 10 nitrogen and oxygen atoms in total. The fraction of sp³-hybridized carbons (Fsp3) is 0.318. The van der Waals surface area contributed by atoms with Gasteiger partial charge < -0.3 is 19.7 Å². The molecule has 0 spiro atoms. The van der Waals surface area contributed by atoms with Gasteiger partial charge in [-0.2, -0.15) is 0 Å². The second kappa shape index (κ2) is 9.51. The highest BCUT2D eigenvalue weighted by atomic mass is 32.1. The van der Waals surface area contributed by atoms with Crippen LogP contribution >= 0.6 is 12.2 Å². The third-order valence-electron chi connectivity index (χ3n) is 5.39. The summed E-state index contributed by atoms with van der Waals surface area (Å²) in [5.74, 6) is -0.0960. The van der Waals surface area contributed by atoms with Crippen LogP contribution in [0.5, 0.6) is 5.75 Å². The summed E-state index contributed by atoms with van der Waals surface area (Å²) in [6.45, 7) is 3.47. The molecule has 3 amide bonds. The summed E-state index contributed by atoms with van der Waals surface area (Å²) >= 11 is 5.39. The number of pyridine rings is 1. The van der Waals surface area contributed by atoms with E-state index in [1.165, 1.54) is 30.0 Å². The summed E-state index contributed by atoms with van der Waals surface area (Å²) in [6.07, 6.45) is 0.413. The summed E-state index contributed by atoms with van der Waals surface area (Å²) in [6, 6.07) is 9.87. The molecule has 0 bridgehead atoms.